The van der Waals surface area contributed by atoms with Gasteiger partial charge in [-0.15, -0.1) is 11.8 Å². The van der Waals surface area contributed by atoms with Crippen molar-refractivity contribution in [3.8, 4) is 0 Å². The number of nitrogens with zero attached hydrogens (tertiary/aromatic N) is 1. The predicted octanol–water partition coefficient (Wildman–Crippen LogP) is 2.33. The smallest absolute Gasteiger partial charge is 0.246 e. The molecule has 0 saturated carbocycles. The minimum atomic E-state index is -0.173. The van der Waals surface area contributed by atoms with Crippen LogP contribution in [0.4, 0.5) is 5.69 Å². The first-order valence-electron chi connectivity index (χ1n) is 4.83. The standard InChI is InChI=1S/C11H10ClNO2S/c1-7-11(15)13(10(14)6-16-7)9-4-2-8(12)3-5-9/h2-5,7H,6H2,1H3/t7-/m1/s1. The first kappa shape index (κ1) is 11.5. The molecule has 1 saturated heterocycles. The fourth-order valence-electron chi connectivity index (χ4n) is 1.50. The maximum Gasteiger partial charge on any atom is 0.246 e. The summed E-state index contributed by atoms with van der Waals surface area (Å²) in [5, 5.41) is 0.413. The maximum atomic E-state index is 11.9. The summed E-state index contributed by atoms with van der Waals surface area (Å²) in [4.78, 5) is 24.8. The van der Waals surface area contributed by atoms with Gasteiger partial charge in [0.1, 0.15) is 0 Å². The number of amides is 2. The van der Waals surface area contributed by atoms with Gasteiger partial charge >= 0.3 is 0 Å². The van der Waals surface area contributed by atoms with Gasteiger partial charge in [-0.1, -0.05) is 11.6 Å². The Morgan fingerprint density at radius 2 is 1.94 bits per heavy atom. The molecule has 1 aliphatic heterocycles. The first-order valence-corrected chi connectivity index (χ1v) is 6.26. The Morgan fingerprint density at radius 3 is 2.56 bits per heavy atom. The molecule has 1 aromatic carbocycles. The van der Waals surface area contributed by atoms with Crippen LogP contribution < -0.4 is 4.90 Å². The van der Waals surface area contributed by atoms with Crippen LogP contribution in [0.1, 0.15) is 6.92 Å². The molecule has 1 heterocycles. The predicted molar refractivity (Wildman–Crippen MR) is 65.9 cm³/mol. The number of imide groups is 1. The highest BCUT2D eigenvalue weighted by atomic mass is 35.5. The molecular formula is C11H10ClNO2S. The van der Waals surface area contributed by atoms with Gasteiger partial charge in [-0.25, -0.2) is 4.90 Å². The Kier molecular flexibility index (Phi) is 3.21. The normalized spacial score (nSPS) is 21.4. The zero-order chi connectivity index (χ0) is 11.7. The lowest BCUT2D eigenvalue weighted by molar-refractivity contribution is -0.125. The van der Waals surface area contributed by atoms with Crippen LogP contribution in [0.3, 0.4) is 0 Å². The second-order valence-electron chi connectivity index (χ2n) is 3.50. The average Bonchev–Trinajstić information content (AvgIpc) is 2.27. The van der Waals surface area contributed by atoms with Crippen LogP contribution in [0.2, 0.25) is 5.02 Å². The number of halogens is 1. The molecule has 5 heteroatoms. The lowest BCUT2D eigenvalue weighted by Crippen LogP contribution is -2.46. The second kappa shape index (κ2) is 4.47. The van der Waals surface area contributed by atoms with E-state index in [0.29, 0.717) is 16.5 Å². The van der Waals surface area contributed by atoms with E-state index >= 15 is 0 Å². The van der Waals surface area contributed by atoms with Crippen molar-refractivity contribution >= 4 is 40.9 Å². The molecule has 0 radical (unpaired) electrons. The minimum absolute atomic E-state index is 0.163. The topological polar surface area (TPSA) is 37.4 Å². The van der Waals surface area contributed by atoms with E-state index in [0.717, 1.165) is 0 Å². The number of anilines is 1. The third-order valence-corrected chi connectivity index (χ3v) is 3.73. The van der Waals surface area contributed by atoms with Crippen molar-refractivity contribution < 1.29 is 9.59 Å². The fraction of sp³-hybridized carbons (Fsp3) is 0.273. The summed E-state index contributed by atoms with van der Waals surface area (Å²) >= 11 is 7.13. The summed E-state index contributed by atoms with van der Waals surface area (Å²) in [6.45, 7) is 1.81. The van der Waals surface area contributed by atoms with Gasteiger partial charge in [-0.3, -0.25) is 9.59 Å². The van der Waals surface area contributed by atoms with Crippen molar-refractivity contribution in [2.45, 2.75) is 12.2 Å². The quantitative estimate of drug-likeness (QED) is 0.723. The van der Waals surface area contributed by atoms with Crippen LogP contribution in [-0.4, -0.2) is 22.8 Å². The molecule has 84 valence electrons. The molecule has 1 aromatic rings. The van der Waals surface area contributed by atoms with Crippen molar-refractivity contribution in [2.75, 3.05) is 10.7 Å². The highest BCUT2D eigenvalue weighted by Crippen LogP contribution is 2.26. The summed E-state index contributed by atoms with van der Waals surface area (Å²) in [6, 6.07) is 6.70. The number of hydrogen-bond acceptors (Lipinski definition) is 3. The summed E-state index contributed by atoms with van der Waals surface area (Å²) < 4.78 is 0. The Bertz CT molecular complexity index is 432. The number of carbonyl (C=O) groups excluding carboxylic acids is 2. The van der Waals surface area contributed by atoms with Crippen LogP contribution in [0, 0.1) is 0 Å². The lowest BCUT2D eigenvalue weighted by Gasteiger charge is -2.28. The zero-order valence-corrected chi connectivity index (χ0v) is 10.2. The molecule has 16 heavy (non-hydrogen) atoms. The van der Waals surface area contributed by atoms with E-state index in [4.69, 9.17) is 11.6 Å². The maximum absolute atomic E-state index is 11.9. The van der Waals surface area contributed by atoms with Gasteiger partial charge in [-0.2, -0.15) is 0 Å². The molecule has 0 N–H and O–H groups in total. The molecule has 1 aliphatic rings. The van der Waals surface area contributed by atoms with Gasteiger partial charge in [0.2, 0.25) is 11.8 Å². The molecule has 0 spiro atoms. The summed E-state index contributed by atoms with van der Waals surface area (Å²) in [7, 11) is 0. The number of hydrogen-bond donors (Lipinski definition) is 0. The van der Waals surface area contributed by atoms with Crippen molar-refractivity contribution in [3.05, 3.63) is 29.3 Å². The SMILES string of the molecule is C[C@H]1SCC(=O)N(c2ccc(Cl)cc2)C1=O. The van der Waals surface area contributed by atoms with E-state index in [1.165, 1.54) is 16.7 Å². The van der Waals surface area contributed by atoms with E-state index in [9.17, 15) is 9.59 Å². The Balaban J connectivity index is 2.34. The van der Waals surface area contributed by atoms with Crippen LogP contribution >= 0.6 is 23.4 Å². The van der Waals surface area contributed by atoms with Crippen molar-refractivity contribution in [2.24, 2.45) is 0 Å². The van der Waals surface area contributed by atoms with Crippen molar-refractivity contribution in [3.63, 3.8) is 0 Å². The number of benzene rings is 1. The van der Waals surface area contributed by atoms with E-state index in [2.05, 4.69) is 0 Å². The highest BCUT2D eigenvalue weighted by molar-refractivity contribution is 8.01. The third-order valence-electron chi connectivity index (χ3n) is 2.36. The summed E-state index contributed by atoms with van der Waals surface area (Å²) in [6.07, 6.45) is 0. The number of thioether (sulfide) groups is 1. The van der Waals surface area contributed by atoms with Gasteiger partial charge in [0.15, 0.2) is 0 Å². The van der Waals surface area contributed by atoms with E-state index in [-0.39, 0.29) is 17.1 Å². The average molecular weight is 256 g/mol. The monoisotopic (exact) mass is 255 g/mol. The molecule has 0 aliphatic carbocycles. The third kappa shape index (κ3) is 2.08. The lowest BCUT2D eigenvalue weighted by atomic mass is 10.2. The van der Waals surface area contributed by atoms with E-state index < -0.39 is 0 Å². The van der Waals surface area contributed by atoms with Crippen molar-refractivity contribution in [1.82, 2.24) is 0 Å². The zero-order valence-electron chi connectivity index (χ0n) is 8.64. The molecule has 0 unspecified atom stereocenters. The molecule has 1 fully saturated rings. The van der Waals surface area contributed by atoms with Gasteiger partial charge < -0.3 is 0 Å². The molecular weight excluding hydrogens is 246 g/mol. The summed E-state index contributed by atoms with van der Waals surface area (Å²) in [5.41, 5.74) is 0.589. The van der Waals surface area contributed by atoms with Gasteiger partial charge in [0.05, 0.1) is 16.7 Å². The van der Waals surface area contributed by atoms with Crippen LogP contribution in [0.5, 0.6) is 0 Å². The molecule has 3 nitrogen and oxygen atoms in total. The molecule has 2 rings (SSSR count). The molecule has 1 atom stereocenters. The Labute approximate surface area is 103 Å². The fourth-order valence-corrected chi connectivity index (χ4v) is 2.39. The molecule has 2 amide bonds. The Morgan fingerprint density at radius 1 is 1.31 bits per heavy atom. The molecule has 0 bridgehead atoms. The van der Waals surface area contributed by atoms with Gasteiger partial charge in [0.25, 0.3) is 0 Å². The van der Waals surface area contributed by atoms with Gasteiger partial charge in [-0.05, 0) is 31.2 Å². The van der Waals surface area contributed by atoms with Crippen LogP contribution in [0.15, 0.2) is 24.3 Å². The van der Waals surface area contributed by atoms with Crippen LogP contribution in [-0.2, 0) is 9.59 Å². The largest absolute Gasteiger partial charge is 0.273 e. The van der Waals surface area contributed by atoms with Gasteiger partial charge in [0, 0.05) is 5.02 Å². The summed E-state index contributed by atoms with van der Waals surface area (Å²) in [5.74, 6) is 0.00853. The van der Waals surface area contributed by atoms with Crippen LogP contribution in [0.25, 0.3) is 0 Å². The highest BCUT2D eigenvalue weighted by Gasteiger charge is 2.33. The van der Waals surface area contributed by atoms with E-state index in [1.54, 1.807) is 24.3 Å². The first-order chi connectivity index (χ1) is 7.59. The Hall–Kier alpha value is -1.00. The number of rotatable bonds is 1. The molecule has 0 aromatic heterocycles. The number of carbonyl (C=O) groups is 2. The minimum Gasteiger partial charge on any atom is -0.273 e. The van der Waals surface area contributed by atoms with E-state index in [1.807, 2.05) is 6.92 Å². The second-order valence-corrected chi connectivity index (χ2v) is 5.26. The van der Waals surface area contributed by atoms with Crippen molar-refractivity contribution in [1.29, 1.82) is 0 Å².